The van der Waals surface area contributed by atoms with Crippen LogP contribution < -0.4 is 14.4 Å². The molecule has 6 heteroatoms. The van der Waals surface area contributed by atoms with Crippen LogP contribution in [0.1, 0.15) is 0 Å². The highest BCUT2D eigenvalue weighted by atomic mass is 31.1. The van der Waals surface area contributed by atoms with E-state index in [0.717, 1.165) is 11.1 Å². The van der Waals surface area contributed by atoms with Crippen LogP contribution in [0.5, 0.6) is 11.5 Å². The lowest BCUT2D eigenvalue weighted by atomic mass is 10.0. The second-order valence-electron chi connectivity index (χ2n) is 3.73. The summed E-state index contributed by atoms with van der Waals surface area (Å²) >= 11 is 0. The first-order valence-corrected chi connectivity index (χ1v) is 7.30. The molecule has 90 valence electrons. The molecule has 1 unspecified atom stereocenters. The van der Waals surface area contributed by atoms with Crippen LogP contribution in [-0.2, 0) is 9.13 Å². The molecule has 0 aromatic heterocycles. The molecule has 1 aliphatic rings. The van der Waals surface area contributed by atoms with E-state index >= 15 is 0 Å². The standard InChI is InChI=1S/C12H8O4P2/c13-17-15-11-7-3-5-9-8-4-1-2-6-10(8)16-18(14)12(9)11/h1-7,18H. The maximum absolute atomic E-state index is 12.1. The zero-order chi connectivity index (χ0) is 12.5. The third-order valence-corrected chi connectivity index (χ3v) is 4.35. The van der Waals surface area contributed by atoms with Crippen LogP contribution in [0.15, 0.2) is 42.5 Å². The predicted molar refractivity (Wildman–Crippen MR) is 69.4 cm³/mol. The van der Waals surface area contributed by atoms with Crippen molar-refractivity contribution in [3.8, 4) is 22.6 Å². The number of hydrogen-bond acceptors (Lipinski definition) is 4. The first-order chi connectivity index (χ1) is 8.81. The highest BCUT2D eigenvalue weighted by Crippen LogP contribution is 2.44. The van der Waals surface area contributed by atoms with Crippen LogP contribution in [0.3, 0.4) is 0 Å². The van der Waals surface area contributed by atoms with Crippen molar-refractivity contribution in [1.82, 2.24) is 0 Å². The van der Waals surface area contributed by atoms with Crippen molar-refractivity contribution < 1.29 is 18.2 Å². The third kappa shape index (κ3) is 1.74. The maximum atomic E-state index is 12.1. The molecule has 0 bridgehead atoms. The number of fused-ring (bicyclic) bond motifs is 3. The monoisotopic (exact) mass is 278 g/mol. The van der Waals surface area contributed by atoms with E-state index in [2.05, 4.69) is 0 Å². The third-order valence-electron chi connectivity index (χ3n) is 2.75. The van der Waals surface area contributed by atoms with Crippen LogP contribution in [0, 0.1) is 0 Å². The van der Waals surface area contributed by atoms with E-state index in [9.17, 15) is 9.13 Å². The fourth-order valence-electron chi connectivity index (χ4n) is 2.01. The molecule has 1 aliphatic heterocycles. The van der Waals surface area contributed by atoms with Crippen molar-refractivity contribution in [1.29, 1.82) is 0 Å². The molecule has 1 atom stereocenters. The maximum Gasteiger partial charge on any atom is 0.395 e. The minimum Gasteiger partial charge on any atom is -0.441 e. The number of rotatable bonds is 2. The summed E-state index contributed by atoms with van der Waals surface area (Å²) in [4.78, 5) is 0. The first-order valence-electron chi connectivity index (χ1n) is 5.25. The molecule has 0 spiro atoms. The number of benzene rings is 2. The molecule has 0 amide bonds. The zero-order valence-electron chi connectivity index (χ0n) is 9.12. The molecule has 0 fully saturated rings. The fraction of sp³-hybridized carbons (Fsp3) is 0. The van der Waals surface area contributed by atoms with Gasteiger partial charge in [0.05, 0.1) is 5.30 Å². The van der Waals surface area contributed by atoms with E-state index in [4.69, 9.17) is 9.05 Å². The lowest BCUT2D eigenvalue weighted by Gasteiger charge is -2.21. The Morgan fingerprint density at radius 1 is 1.06 bits per heavy atom. The van der Waals surface area contributed by atoms with Gasteiger partial charge in [0, 0.05) is 11.1 Å². The van der Waals surface area contributed by atoms with Gasteiger partial charge in [-0.2, -0.15) is 0 Å². The molecule has 0 aliphatic carbocycles. The Morgan fingerprint density at radius 2 is 1.83 bits per heavy atom. The van der Waals surface area contributed by atoms with Gasteiger partial charge in [0.2, 0.25) is 0 Å². The Balaban J connectivity index is 2.28. The summed E-state index contributed by atoms with van der Waals surface area (Å²) < 4.78 is 33.0. The smallest absolute Gasteiger partial charge is 0.395 e. The molecule has 0 N–H and O–H groups in total. The second-order valence-corrected chi connectivity index (χ2v) is 5.34. The van der Waals surface area contributed by atoms with Gasteiger partial charge in [-0.1, -0.05) is 30.3 Å². The van der Waals surface area contributed by atoms with Gasteiger partial charge in [0.1, 0.15) is 11.5 Å². The summed E-state index contributed by atoms with van der Waals surface area (Å²) in [5.41, 5.74) is 1.67. The molecular weight excluding hydrogens is 270 g/mol. The SMILES string of the molecule is O=POc1cccc2c1[PH](=O)Oc1ccccc1-2. The van der Waals surface area contributed by atoms with E-state index in [0.29, 0.717) is 16.8 Å². The second kappa shape index (κ2) is 4.56. The minimum absolute atomic E-state index is 0.336. The van der Waals surface area contributed by atoms with Crippen molar-refractivity contribution in [3.05, 3.63) is 42.5 Å². The summed E-state index contributed by atoms with van der Waals surface area (Å²) in [7, 11) is -2.90. The average Bonchev–Trinajstić information content (AvgIpc) is 2.39. The van der Waals surface area contributed by atoms with Gasteiger partial charge < -0.3 is 9.05 Å². The van der Waals surface area contributed by atoms with E-state index in [1.54, 1.807) is 18.2 Å². The van der Waals surface area contributed by atoms with Crippen molar-refractivity contribution in [3.63, 3.8) is 0 Å². The van der Waals surface area contributed by atoms with Crippen LogP contribution in [-0.4, -0.2) is 0 Å². The summed E-state index contributed by atoms with van der Waals surface area (Å²) in [6.45, 7) is 0. The van der Waals surface area contributed by atoms with Gasteiger partial charge in [0.15, 0.2) is 0 Å². The summed E-state index contributed by atoms with van der Waals surface area (Å²) in [6, 6.07) is 12.6. The first kappa shape index (κ1) is 11.5. The molecule has 4 nitrogen and oxygen atoms in total. The van der Waals surface area contributed by atoms with Crippen LogP contribution in [0.25, 0.3) is 11.1 Å². The van der Waals surface area contributed by atoms with Gasteiger partial charge in [0.25, 0.3) is 8.03 Å². The zero-order valence-corrected chi connectivity index (χ0v) is 11.0. The Labute approximate surface area is 106 Å². The largest absolute Gasteiger partial charge is 0.441 e. The topological polar surface area (TPSA) is 52.6 Å². The van der Waals surface area contributed by atoms with E-state index in [1.165, 1.54) is 0 Å². The highest BCUT2D eigenvalue weighted by Gasteiger charge is 2.25. The highest BCUT2D eigenvalue weighted by molar-refractivity contribution is 7.49. The van der Waals surface area contributed by atoms with Gasteiger partial charge >= 0.3 is 8.69 Å². The molecule has 18 heavy (non-hydrogen) atoms. The average molecular weight is 278 g/mol. The van der Waals surface area contributed by atoms with Crippen molar-refractivity contribution in [2.24, 2.45) is 0 Å². The summed E-state index contributed by atoms with van der Waals surface area (Å²) in [5.74, 6) is 0.938. The lowest BCUT2D eigenvalue weighted by molar-refractivity contribution is 0.509. The summed E-state index contributed by atoms with van der Waals surface area (Å²) in [6.07, 6.45) is 0. The molecule has 3 rings (SSSR count). The van der Waals surface area contributed by atoms with Gasteiger partial charge in [-0.25, -0.2) is 4.57 Å². The van der Waals surface area contributed by atoms with Crippen LogP contribution in [0.4, 0.5) is 0 Å². The van der Waals surface area contributed by atoms with E-state index < -0.39 is 16.7 Å². The predicted octanol–water partition coefficient (Wildman–Crippen LogP) is 3.43. The molecule has 0 saturated heterocycles. The van der Waals surface area contributed by atoms with Crippen molar-refractivity contribution >= 4 is 22.0 Å². The van der Waals surface area contributed by atoms with Crippen molar-refractivity contribution in [2.45, 2.75) is 0 Å². The number of hydrogen-bond donors (Lipinski definition) is 0. The Kier molecular flexibility index (Phi) is 2.91. The molecular formula is C12H8O4P2. The molecule has 0 saturated carbocycles. The molecule has 0 radical (unpaired) electrons. The lowest BCUT2D eigenvalue weighted by Crippen LogP contribution is -2.12. The number of para-hydroxylation sites is 1. The van der Waals surface area contributed by atoms with Gasteiger partial charge in [-0.15, -0.1) is 0 Å². The molecule has 2 aromatic rings. The Hall–Kier alpha value is -1.63. The molecule has 2 aromatic carbocycles. The van der Waals surface area contributed by atoms with E-state index in [-0.39, 0.29) is 0 Å². The summed E-state index contributed by atoms with van der Waals surface area (Å²) in [5, 5.41) is 0.490. The van der Waals surface area contributed by atoms with Crippen LogP contribution >= 0.6 is 16.7 Å². The fourth-order valence-corrected chi connectivity index (χ4v) is 3.58. The van der Waals surface area contributed by atoms with Crippen molar-refractivity contribution in [2.75, 3.05) is 0 Å². The Morgan fingerprint density at radius 3 is 2.67 bits per heavy atom. The normalized spacial score (nSPS) is 16.6. The van der Waals surface area contributed by atoms with E-state index in [1.807, 2.05) is 24.3 Å². The Bertz CT molecular complexity index is 654. The van der Waals surface area contributed by atoms with Gasteiger partial charge in [-0.05, 0) is 12.1 Å². The quantitative estimate of drug-likeness (QED) is 0.790. The minimum atomic E-state index is -2.43. The van der Waals surface area contributed by atoms with Crippen LogP contribution in [0.2, 0.25) is 0 Å². The van der Waals surface area contributed by atoms with Gasteiger partial charge in [-0.3, -0.25) is 4.57 Å². The molecule has 1 heterocycles.